The molecule has 1 amide bonds. The number of carbonyl (C=O) groups is 1. The number of carbonyl (C=O) groups excluding carboxylic acids is 1. The van der Waals surface area contributed by atoms with Gasteiger partial charge in [-0.15, -0.1) is 11.3 Å². The van der Waals surface area contributed by atoms with Crippen LogP contribution in [0.2, 0.25) is 0 Å². The number of aromatic nitrogens is 4. The van der Waals surface area contributed by atoms with E-state index in [0.717, 1.165) is 16.9 Å². The summed E-state index contributed by atoms with van der Waals surface area (Å²) in [4.78, 5) is 46.8. The van der Waals surface area contributed by atoms with Crippen molar-refractivity contribution >= 4 is 45.3 Å². The summed E-state index contributed by atoms with van der Waals surface area (Å²) in [7, 11) is 0. The summed E-state index contributed by atoms with van der Waals surface area (Å²) >= 11 is 1.41. The number of fused-ring (bicyclic) bond motifs is 2. The molecule has 10 heteroatoms. The van der Waals surface area contributed by atoms with E-state index in [0.29, 0.717) is 52.4 Å². The van der Waals surface area contributed by atoms with Gasteiger partial charge in [-0.3, -0.25) is 19.7 Å². The molecule has 5 rings (SSSR count). The summed E-state index contributed by atoms with van der Waals surface area (Å²) in [6.45, 7) is 8.06. The molecule has 0 radical (unpaired) electrons. The van der Waals surface area contributed by atoms with Crippen molar-refractivity contribution in [3.63, 3.8) is 0 Å². The van der Waals surface area contributed by atoms with Crippen LogP contribution in [0.1, 0.15) is 49.4 Å². The van der Waals surface area contributed by atoms with E-state index in [9.17, 15) is 19.5 Å². The van der Waals surface area contributed by atoms with Crippen LogP contribution in [0.5, 0.6) is 0 Å². The number of benzene rings is 2. The van der Waals surface area contributed by atoms with Crippen LogP contribution in [0.3, 0.4) is 0 Å². The summed E-state index contributed by atoms with van der Waals surface area (Å²) in [5.41, 5.74) is 2.31. The van der Waals surface area contributed by atoms with Crippen LogP contribution in [0.25, 0.3) is 32.5 Å². The second-order valence-electron chi connectivity index (χ2n) is 10.2. The molecular formula is C29H31N5O4S. The lowest BCUT2D eigenvalue weighted by molar-refractivity contribution is 0.0667. The number of hydrogen-bond donors (Lipinski definition) is 3. The van der Waals surface area contributed by atoms with Gasteiger partial charge in [-0.1, -0.05) is 31.2 Å². The van der Waals surface area contributed by atoms with Gasteiger partial charge in [0.05, 0.1) is 32.5 Å². The van der Waals surface area contributed by atoms with Crippen LogP contribution in [0.15, 0.2) is 58.1 Å². The molecule has 0 fully saturated rings. The number of nitrogens with zero attached hydrogens (tertiary/aromatic N) is 3. The van der Waals surface area contributed by atoms with Crippen LogP contribution in [-0.4, -0.2) is 35.7 Å². The molecule has 0 aliphatic carbocycles. The van der Waals surface area contributed by atoms with Gasteiger partial charge in [-0.2, -0.15) is 0 Å². The minimum absolute atomic E-state index is 0.291. The predicted octanol–water partition coefficient (Wildman–Crippen LogP) is 4.76. The lowest BCUT2D eigenvalue weighted by Gasteiger charge is -2.18. The zero-order valence-corrected chi connectivity index (χ0v) is 23.2. The maximum atomic E-state index is 13.3. The predicted molar refractivity (Wildman–Crippen MR) is 156 cm³/mol. The number of aliphatic hydroxyl groups is 1. The first-order valence-electron chi connectivity index (χ1n) is 13.0. The van der Waals surface area contributed by atoms with Gasteiger partial charge in [0.25, 0.3) is 5.91 Å². The Balaban J connectivity index is 1.56. The standard InChI is InChI=1S/C29H31N5O4S/c1-5-17-8-7-9-18(14-17)23-10-11-24(39-23)25(35)32-28-31-20-15-19-21(33(6-2)27(37)26(36)30-19)16-22(20)34(28)13-12-29(3,4)38/h7-11,14-16,38H,5-6,12-13H2,1-4H3,(H,30,36)(H,31,32,35). The highest BCUT2D eigenvalue weighted by atomic mass is 32.1. The smallest absolute Gasteiger partial charge is 0.316 e. The van der Waals surface area contributed by atoms with Gasteiger partial charge in [0.15, 0.2) is 0 Å². The normalized spacial score (nSPS) is 11.9. The van der Waals surface area contributed by atoms with E-state index in [1.165, 1.54) is 21.5 Å². The van der Waals surface area contributed by atoms with Crippen molar-refractivity contribution in [1.29, 1.82) is 0 Å². The Morgan fingerprint density at radius 3 is 2.59 bits per heavy atom. The number of aryl methyl sites for hydroxylation is 3. The molecule has 3 N–H and O–H groups in total. The van der Waals surface area contributed by atoms with Crippen molar-refractivity contribution in [3.05, 3.63) is 79.7 Å². The summed E-state index contributed by atoms with van der Waals surface area (Å²) in [6.07, 6.45) is 1.34. The molecule has 0 saturated heterocycles. The molecular weight excluding hydrogens is 514 g/mol. The quantitative estimate of drug-likeness (QED) is 0.243. The molecule has 202 valence electrons. The Kier molecular flexibility index (Phi) is 7.00. The Morgan fingerprint density at radius 2 is 1.87 bits per heavy atom. The second-order valence-corrected chi connectivity index (χ2v) is 11.3. The van der Waals surface area contributed by atoms with Gasteiger partial charge in [0, 0.05) is 18.0 Å². The van der Waals surface area contributed by atoms with Crippen molar-refractivity contribution < 1.29 is 9.90 Å². The van der Waals surface area contributed by atoms with Crippen LogP contribution in [0.4, 0.5) is 5.95 Å². The van der Waals surface area contributed by atoms with Gasteiger partial charge in [0.2, 0.25) is 5.95 Å². The van der Waals surface area contributed by atoms with Crippen LogP contribution in [0, 0.1) is 0 Å². The third kappa shape index (κ3) is 5.30. The largest absolute Gasteiger partial charge is 0.390 e. The average molecular weight is 546 g/mol. The Bertz CT molecular complexity index is 1820. The van der Waals surface area contributed by atoms with E-state index >= 15 is 0 Å². The zero-order valence-electron chi connectivity index (χ0n) is 22.4. The molecule has 0 spiro atoms. The summed E-state index contributed by atoms with van der Waals surface area (Å²) in [6, 6.07) is 15.5. The molecule has 9 nitrogen and oxygen atoms in total. The van der Waals surface area contributed by atoms with E-state index in [1.807, 2.05) is 22.8 Å². The average Bonchev–Trinajstić information content (AvgIpc) is 3.52. The topological polar surface area (TPSA) is 122 Å². The molecule has 39 heavy (non-hydrogen) atoms. The first-order valence-corrected chi connectivity index (χ1v) is 13.8. The first-order chi connectivity index (χ1) is 18.6. The lowest BCUT2D eigenvalue weighted by atomic mass is 10.1. The number of anilines is 1. The molecule has 0 atom stereocenters. The minimum Gasteiger partial charge on any atom is -0.390 e. The Morgan fingerprint density at radius 1 is 1.08 bits per heavy atom. The monoisotopic (exact) mass is 545 g/mol. The van der Waals surface area contributed by atoms with Gasteiger partial charge >= 0.3 is 11.1 Å². The van der Waals surface area contributed by atoms with Crippen LogP contribution in [-0.2, 0) is 19.5 Å². The van der Waals surface area contributed by atoms with Gasteiger partial charge < -0.3 is 19.2 Å². The number of thiophene rings is 1. The van der Waals surface area contributed by atoms with E-state index in [4.69, 9.17) is 0 Å². The molecule has 0 unspecified atom stereocenters. The Hall–Kier alpha value is -4.02. The Labute approximate surface area is 228 Å². The highest BCUT2D eigenvalue weighted by molar-refractivity contribution is 7.17. The number of nitrogens with one attached hydrogen (secondary N) is 2. The van der Waals surface area contributed by atoms with Crippen molar-refractivity contribution in [3.8, 4) is 10.4 Å². The third-order valence-electron chi connectivity index (χ3n) is 6.78. The number of hydrogen-bond acceptors (Lipinski definition) is 6. The fraction of sp³-hybridized carbons (Fsp3) is 0.310. The number of rotatable bonds is 8. The molecule has 2 aromatic carbocycles. The zero-order chi connectivity index (χ0) is 27.9. The molecule has 3 heterocycles. The number of imidazole rings is 1. The van der Waals surface area contributed by atoms with E-state index in [2.05, 4.69) is 34.3 Å². The molecule has 3 aromatic heterocycles. The van der Waals surface area contributed by atoms with Crippen LogP contribution >= 0.6 is 11.3 Å². The van der Waals surface area contributed by atoms with Gasteiger partial charge in [-0.25, -0.2) is 4.98 Å². The summed E-state index contributed by atoms with van der Waals surface area (Å²) < 4.78 is 3.25. The second kappa shape index (κ2) is 10.3. The molecule has 0 saturated carbocycles. The SMILES string of the molecule is CCc1cccc(-c2ccc(C(=O)Nc3nc4cc5[nH]c(=O)c(=O)n(CC)c5cc4n3CCC(C)(C)O)s2)c1. The number of amides is 1. The molecule has 0 bridgehead atoms. The molecule has 0 aliphatic rings. The van der Waals surface area contributed by atoms with Gasteiger partial charge in [0.1, 0.15) is 0 Å². The van der Waals surface area contributed by atoms with E-state index < -0.39 is 16.7 Å². The van der Waals surface area contributed by atoms with Gasteiger partial charge in [-0.05, 0) is 69.0 Å². The highest BCUT2D eigenvalue weighted by Gasteiger charge is 2.21. The molecule has 0 aliphatic heterocycles. The summed E-state index contributed by atoms with van der Waals surface area (Å²) in [5.74, 6) is 0.0337. The van der Waals surface area contributed by atoms with E-state index in [-0.39, 0.29) is 5.91 Å². The van der Waals surface area contributed by atoms with E-state index in [1.54, 1.807) is 39.0 Å². The maximum absolute atomic E-state index is 13.3. The number of H-pyrrole nitrogens is 1. The highest BCUT2D eigenvalue weighted by Crippen LogP contribution is 2.30. The molecule has 5 aromatic rings. The minimum atomic E-state index is -0.943. The van der Waals surface area contributed by atoms with Crippen molar-refractivity contribution in [1.82, 2.24) is 19.1 Å². The fourth-order valence-corrected chi connectivity index (χ4v) is 5.53. The van der Waals surface area contributed by atoms with Crippen LogP contribution < -0.4 is 16.4 Å². The van der Waals surface area contributed by atoms with Crippen molar-refractivity contribution in [2.75, 3.05) is 5.32 Å². The lowest BCUT2D eigenvalue weighted by Crippen LogP contribution is -2.35. The van der Waals surface area contributed by atoms with Crippen molar-refractivity contribution in [2.24, 2.45) is 0 Å². The summed E-state index contributed by atoms with van der Waals surface area (Å²) in [5, 5.41) is 13.4. The number of aromatic amines is 1. The van der Waals surface area contributed by atoms with Crippen molar-refractivity contribution in [2.45, 2.75) is 59.2 Å². The maximum Gasteiger partial charge on any atom is 0.316 e. The first kappa shape index (κ1) is 26.6. The third-order valence-corrected chi connectivity index (χ3v) is 7.92. The fourth-order valence-electron chi connectivity index (χ4n) is 4.64.